The van der Waals surface area contributed by atoms with Gasteiger partial charge < -0.3 is 102 Å². The highest BCUT2D eigenvalue weighted by Crippen LogP contribution is 2.16. The molecule has 23 N–H and O–H groups in total. The van der Waals surface area contributed by atoms with Crippen LogP contribution < -0.4 is 76.5 Å². The van der Waals surface area contributed by atoms with Gasteiger partial charge in [0.05, 0.1) is 26.1 Å². The summed E-state index contributed by atoms with van der Waals surface area (Å²) in [5.41, 5.74) is 27.7. The molecule has 10 amide bonds. The number of rotatable bonds is 42. The Kier molecular flexibility index (Phi) is 34.2. The van der Waals surface area contributed by atoms with E-state index >= 15 is 0 Å². The van der Waals surface area contributed by atoms with E-state index in [0.29, 0.717) is 12.0 Å². The number of nitrogens with one attached hydrogen (secondary N) is 9. The van der Waals surface area contributed by atoms with E-state index in [1.54, 1.807) is 44.2 Å². The van der Waals surface area contributed by atoms with Crippen molar-refractivity contribution in [3.63, 3.8) is 0 Å². The Balaban J connectivity index is 3.77. The standard InChI is InChI=1S/C54H85N15O20/c1-25(2)19-33(66-44(75)34(20-28-13-8-7-9-14-28)62-39(71)24-61-42(73)31(15-10-11-17-55)63-46(77)37(23-38(57)70)65-41(72)27(5)56)43(74)67-35(21-29(49(80)81)50(82)83)45(76)68-36(22-30(51(84)85)52(86)87)47(78)69-40(26(3)4)48(79)64-32(53(88)89-6)16-12-18-60-54(58)59/h7-9,13-14,25-27,29-37,40H,10-12,15-24,55-56H2,1-6H3,(H2,57,70)(H,61,73)(H,62,71)(H,63,77)(H,64,79)(H,65,72)(H,66,75)(H,67,74)(H,68,76)(H,69,78)(H,80,81)(H,82,83)(H,84,85)(H,86,87)(H4,58,59,60)/t27-,31-,32-,33-,34-,35-,36-,37-,40-/m0/s1. The third kappa shape index (κ3) is 29.1. The van der Waals surface area contributed by atoms with Crippen LogP contribution in [0, 0.1) is 23.7 Å². The zero-order valence-corrected chi connectivity index (χ0v) is 50.2. The molecule has 9 atom stereocenters. The third-order valence-corrected chi connectivity index (χ3v) is 13.1. The maximum absolute atomic E-state index is 14.4. The lowest BCUT2D eigenvalue weighted by atomic mass is 9.95. The fourth-order valence-corrected chi connectivity index (χ4v) is 8.36. The fraction of sp³-hybridized carbons (Fsp3) is 0.593. The fourth-order valence-electron chi connectivity index (χ4n) is 8.36. The molecule has 0 spiro atoms. The second-order valence-corrected chi connectivity index (χ2v) is 21.4. The molecule has 1 aromatic carbocycles. The Hall–Kier alpha value is -9.54. The Morgan fingerprint density at radius 2 is 0.966 bits per heavy atom. The summed E-state index contributed by atoms with van der Waals surface area (Å²) >= 11 is 0. The van der Waals surface area contributed by atoms with E-state index in [-0.39, 0.29) is 57.6 Å². The van der Waals surface area contributed by atoms with Crippen molar-refractivity contribution in [3.05, 3.63) is 35.9 Å². The number of carboxylic acid groups (broad SMARTS) is 4. The molecular weight excluding hydrogens is 1180 g/mol. The average molecular weight is 1260 g/mol. The third-order valence-electron chi connectivity index (χ3n) is 13.1. The van der Waals surface area contributed by atoms with Gasteiger partial charge in [-0.25, -0.2) is 4.79 Å². The number of primary amides is 1. The van der Waals surface area contributed by atoms with Crippen LogP contribution in [0.1, 0.15) is 98.0 Å². The monoisotopic (exact) mass is 1260 g/mol. The number of guanidine groups is 1. The summed E-state index contributed by atoms with van der Waals surface area (Å²) in [5.74, 6) is -26.7. The van der Waals surface area contributed by atoms with Gasteiger partial charge in [0.15, 0.2) is 17.8 Å². The predicted molar refractivity (Wildman–Crippen MR) is 312 cm³/mol. The van der Waals surface area contributed by atoms with Crippen molar-refractivity contribution in [2.24, 2.45) is 57.3 Å². The Morgan fingerprint density at radius 3 is 1.42 bits per heavy atom. The number of hydrogen-bond donors (Lipinski definition) is 18. The molecule has 1 rings (SSSR count). The number of carboxylic acids is 4. The molecule has 0 heterocycles. The maximum Gasteiger partial charge on any atom is 0.328 e. The zero-order valence-electron chi connectivity index (χ0n) is 50.2. The zero-order chi connectivity index (χ0) is 67.8. The van der Waals surface area contributed by atoms with Gasteiger partial charge in [-0.1, -0.05) is 58.0 Å². The molecule has 0 aliphatic carbocycles. The van der Waals surface area contributed by atoms with Gasteiger partial charge in [0.1, 0.15) is 48.3 Å². The Bertz CT molecular complexity index is 2660. The highest BCUT2D eigenvalue weighted by molar-refractivity contribution is 6.01. The first kappa shape index (κ1) is 77.5. The second kappa shape index (κ2) is 39.3. The number of aliphatic imine (C=N–C) groups is 1. The van der Waals surface area contributed by atoms with Crippen LogP contribution in [0.2, 0.25) is 0 Å². The molecule has 1 aromatic rings. The van der Waals surface area contributed by atoms with Crippen molar-refractivity contribution >= 4 is 94.9 Å². The Labute approximate surface area is 511 Å². The summed E-state index contributed by atoms with van der Waals surface area (Å²) in [5, 5.41) is 60.4. The number of methoxy groups -OCH3 is 1. The molecule has 35 heteroatoms. The number of nitrogens with zero attached hydrogens (tertiary/aromatic N) is 1. The molecule has 35 nitrogen and oxygen atoms in total. The number of unbranched alkanes of at least 4 members (excludes halogenated alkanes) is 1. The summed E-state index contributed by atoms with van der Waals surface area (Å²) in [6.45, 7) is 6.72. The lowest BCUT2D eigenvalue weighted by molar-refractivity contribution is -0.158. The highest BCUT2D eigenvalue weighted by atomic mass is 16.5. The van der Waals surface area contributed by atoms with Crippen molar-refractivity contribution in [2.75, 3.05) is 26.7 Å². The van der Waals surface area contributed by atoms with E-state index in [1.807, 2.05) is 0 Å². The van der Waals surface area contributed by atoms with Crippen molar-refractivity contribution in [1.82, 2.24) is 47.9 Å². The van der Waals surface area contributed by atoms with Gasteiger partial charge in [0, 0.05) is 25.8 Å². The van der Waals surface area contributed by atoms with Crippen molar-refractivity contribution in [1.29, 1.82) is 0 Å². The molecular formula is C54H85N15O20. The smallest absolute Gasteiger partial charge is 0.328 e. The summed E-state index contributed by atoms with van der Waals surface area (Å²) in [6.07, 6.45) is -3.16. The van der Waals surface area contributed by atoms with Gasteiger partial charge in [-0.15, -0.1) is 0 Å². The van der Waals surface area contributed by atoms with Crippen molar-refractivity contribution < 1.29 is 97.1 Å². The van der Waals surface area contributed by atoms with Crippen LogP contribution in [0.3, 0.4) is 0 Å². The van der Waals surface area contributed by atoms with Crippen molar-refractivity contribution in [2.45, 2.75) is 153 Å². The quantitative estimate of drug-likeness (QED) is 0.00952. The first-order valence-electron chi connectivity index (χ1n) is 28.2. The van der Waals surface area contributed by atoms with Gasteiger partial charge in [-0.2, -0.15) is 0 Å². The van der Waals surface area contributed by atoms with E-state index in [2.05, 4.69) is 52.8 Å². The topological polar surface area (TPSA) is 597 Å². The van der Waals surface area contributed by atoms with Crippen molar-refractivity contribution in [3.8, 4) is 0 Å². The predicted octanol–water partition coefficient (Wildman–Crippen LogP) is -6.14. The molecule has 0 bridgehead atoms. The number of benzene rings is 1. The van der Waals surface area contributed by atoms with E-state index in [1.165, 1.54) is 20.8 Å². The minimum Gasteiger partial charge on any atom is -0.481 e. The molecule has 0 saturated heterocycles. The first-order chi connectivity index (χ1) is 41.6. The molecule has 0 radical (unpaired) electrons. The van der Waals surface area contributed by atoms with Gasteiger partial charge in [0.2, 0.25) is 59.1 Å². The van der Waals surface area contributed by atoms with E-state index in [0.717, 1.165) is 7.11 Å². The number of nitrogens with two attached hydrogens (primary N) is 5. The Morgan fingerprint density at radius 1 is 0.517 bits per heavy atom. The van der Waals surface area contributed by atoms with Gasteiger partial charge in [-0.05, 0) is 69.4 Å². The minimum atomic E-state index is -2.49. The maximum atomic E-state index is 14.4. The summed E-state index contributed by atoms with van der Waals surface area (Å²) in [4.78, 5) is 201. The first-order valence-corrected chi connectivity index (χ1v) is 28.2. The number of carbonyl (C=O) groups excluding carboxylic acids is 11. The van der Waals surface area contributed by atoms with Crippen LogP contribution in [-0.2, 0) is 83.1 Å². The largest absolute Gasteiger partial charge is 0.481 e. The highest BCUT2D eigenvalue weighted by Gasteiger charge is 2.41. The molecule has 0 aromatic heterocycles. The van der Waals surface area contributed by atoms with E-state index in [4.69, 9.17) is 33.4 Å². The summed E-state index contributed by atoms with van der Waals surface area (Å²) < 4.78 is 4.79. The van der Waals surface area contributed by atoms with E-state index < -0.39 is 193 Å². The lowest BCUT2D eigenvalue weighted by Gasteiger charge is -2.29. The number of aliphatic carboxylic acids is 4. The number of amides is 10. The second-order valence-electron chi connectivity index (χ2n) is 21.4. The van der Waals surface area contributed by atoms with Crippen LogP contribution in [0.15, 0.2) is 35.3 Å². The number of carbonyl (C=O) groups is 15. The van der Waals surface area contributed by atoms with E-state index in [9.17, 15) is 92.3 Å². The molecule has 0 unspecified atom stereocenters. The minimum absolute atomic E-state index is 0.0239. The van der Waals surface area contributed by atoms with Gasteiger partial charge in [-0.3, -0.25) is 72.1 Å². The van der Waals surface area contributed by atoms with Crippen LogP contribution >= 0.6 is 0 Å². The molecule has 0 saturated carbocycles. The molecule has 0 aliphatic heterocycles. The van der Waals surface area contributed by atoms with Gasteiger partial charge in [0.25, 0.3) is 0 Å². The van der Waals surface area contributed by atoms with Crippen LogP contribution in [0.4, 0.5) is 0 Å². The van der Waals surface area contributed by atoms with Gasteiger partial charge >= 0.3 is 29.8 Å². The lowest BCUT2D eigenvalue weighted by Crippen LogP contribution is -2.61. The SMILES string of the molecule is COC(=O)[C@H](CCCN=C(N)N)NC(=O)[C@@H](NC(=O)[C@H](CC(C(=O)O)C(=O)O)NC(=O)[C@H](CC(C(=O)O)C(=O)O)NC(=O)[C@H](CC(C)C)NC(=O)[C@H](Cc1ccccc1)NC(=O)CNC(=O)[C@H](CCCCN)NC(=O)[C@H](CC(N)=O)NC(=O)[C@H](C)N)C(C)C. The molecule has 0 fully saturated rings. The normalized spacial score (nSPS) is 14.1. The van der Waals surface area contributed by atoms with Crippen LogP contribution in [0.5, 0.6) is 0 Å². The number of ether oxygens (including phenoxy) is 1. The van der Waals surface area contributed by atoms with Crippen LogP contribution in [-0.4, -0.2) is 196 Å². The average Bonchev–Trinajstić information content (AvgIpc) is 1.69. The number of hydrogen-bond acceptors (Lipinski definition) is 19. The summed E-state index contributed by atoms with van der Waals surface area (Å²) in [6, 6.07) is -6.90. The molecule has 496 valence electrons. The molecule has 89 heavy (non-hydrogen) atoms. The molecule has 0 aliphatic rings. The summed E-state index contributed by atoms with van der Waals surface area (Å²) in [7, 11) is 1.03. The number of esters is 1. The van der Waals surface area contributed by atoms with Crippen LogP contribution in [0.25, 0.3) is 0 Å².